The number of ether oxygens (including phenoxy) is 5. The highest BCUT2D eigenvalue weighted by Crippen LogP contribution is 2.39. The molecule has 2 aromatic rings. The highest BCUT2D eigenvalue weighted by molar-refractivity contribution is 7.17. The van der Waals surface area contributed by atoms with Gasteiger partial charge in [0.25, 0.3) is 5.91 Å². The average Bonchev–Trinajstić information content (AvgIpc) is 3.19. The van der Waals surface area contributed by atoms with Gasteiger partial charge in [0.15, 0.2) is 18.1 Å². The second-order valence-corrected chi connectivity index (χ2v) is 8.66. The van der Waals surface area contributed by atoms with Gasteiger partial charge in [-0.15, -0.1) is 11.3 Å². The number of nitrogens with one attached hydrogen (secondary N) is 1. The number of fused-ring (bicyclic) bond motifs is 1. The fourth-order valence-corrected chi connectivity index (χ4v) is 5.13. The van der Waals surface area contributed by atoms with E-state index >= 15 is 0 Å². The lowest BCUT2D eigenvalue weighted by molar-refractivity contribution is -0.146. The van der Waals surface area contributed by atoms with E-state index in [0.717, 1.165) is 36.1 Å². The molecular formula is C24H29NO8S. The van der Waals surface area contributed by atoms with Gasteiger partial charge in [-0.1, -0.05) is 0 Å². The van der Waals surface area contributed by atoms with Gasteiger partial charge in [0, 0.05) is 4.88 Å². The zero-order valence-electron chi connectivity index (χ0n) is 19.8. The Balaban J connectivity index is 1.64. The number of methoxy groups -OCH3 is 3. The first-order chi connectivity index (χ1) is 16.4. The van der Waals surface area contributed by atoms with Gasteiger partial charge >= 0.3 is 11.9 Å². The number of aryl methyl sites for hydroxylation is 1. The number of hydrogen-bond acceptors (Lipinski definition) is 9. The Morgan fingerprint density at radius 3 is 2.26 bits per heavy atom. The molecule has 1 aliphatic rings. The van der Waals surface area contributed by atoms with Crippen LogP contribution in [0.5, 0.6) is 17.2 Å². The molecule has 1 aliphatic carbocycles. The van der Waals surface area contributed by atoms with Crippen LogP contribution in [0.3, 0.4) is 0 Å². The zero-order chi connectivity index (χ0) is 24.7. The van der Waals surface area contributed by atoms with Crippen molar-refractivity contribution < 1.29 is 38.1 Å². The number of thiophene rings is 1. The molecule has 0 saturated heterocycles. The first-order valence-corrected chi connectivity index (χ1v) is 11.8. The largest absolute Gasteiger partial charge is 0.493 e. The van der Waals surface area contributed by atoms with Gasteiger partial charge in [-0.05, 0) is 55.9 Å². The molecule has 34 heavy (non-hydrogen) atoms. The van der Waals surface area contributed by atoms with Gasteiger partial charge in [-0.25, -0.2) is 4.79 Å². The quantitative estimate of drug-likeness (QED) is 0.503. The third kappa shape index (κ3) is 5.80. The monoisotopic (exact) mass is 491 g/mol. The normalized spacial score (nSPS) is 12.4. The first kappa shape index (κ1) is 25.4. The Bertz CT molecular complexity index is 1040. The van der Waals surface area contributed by atoms with Crippen LogP contribution in [0.1, 0.15) is 46.1 Å². The third-order valence-corrected chi connectivity index (χ3v) is 6.55. The summed E-state index contributed by atoms with van der Waals surface area (Å²) in [6, 6.07) is 3.29. The minimum Gasteiger partial charge on any atom is -0.493 e. The number of carbonyl (C=O) groups excluding carboxylic acids is 3. The van der Waals surface area contributed by atoms with Crippen molar-refractivity contribution in [2.75, 3.05) is 39.9 Å². The van der Waals surface area contributed by atoms with E-state index in [2.05, 4.69) is 5.32 Å². The second kappa shape index (κ2) is 11.7. The molecule has 1 aromatic carbocycles. The van der Waals surface area contributed by atoms with Crippen LogP contribution in [-0.2, 0) is 38.3 Å². The zero-order valence-corrected chi connectivity index (χ0v) is 20.6. The predicted octanol–water partition coefficient (Wildman–Crippen LogP) is 3.55. The molecule has 0 fully saturated rings. The van der Waals surface area contributed by atoms with Crippen molar-refractivity contribution in [1.29, 1.82) is 0 Å². The van der Waals surface area contributed by atoms with Gasteiger partial charge in [-0.3, -0.25) is 9.59 Å². The number of amides is 1. The molecule has 0 radical (unpaired) electrons. The van der Waals surface area contributed by atoms with Crippen molar-refractivity contribution in [1.82, 2.24) is 0 Å². The summed E-state index contributed by atoms with van der Waals surface area (Å²) < 4.78 is 26.2. The standard InChI is InChI=1S/C24H29NO8S/c1-5-32-24(28)21-15-8-6-7-9-18(15)34-23(21)25-19(26)13-33-20(27)12-14-10-16(29-2)22(31-4)17(11-14)30-3/h10-11H,5-9,12-13H2,1-4H3,(H,25,26). The van der Waals surface area contributed by atoms with Crippen molar-refractivity contribution in [2.45, 2.75) is 39.0 Å². The van der Waals surface area contributed by atoms with Gasteiger partial charge in [0.05, 0.1) is 39.9 Å². The Labute approximate surface area is 202 Å². The molecule has 1 heterocycles. The fraction of sp³-hybridized carbons (Fsp3) is 0.458. The SMILES string of the molecule is CCOC(=O)c1c(NC(=O)COC(=O)Cc2cc(OC)c(OC)c(OC)c2)sc2c1CCCC2. The highest BCUT2D eigenvalue weighted by atomic mass is 32.1. The fourth-order valence-electron chi connectivity index (χ4n) is 3.84. The summed E-state index contributed by atoms with van der Waals surface area (Å²) in [4.78, 5) is 38.5. The molecule has 0 saturated carbocycles. The summed E-state index contributed by atoms with van der Waals surface area (Å²) in [6.07, 6.45) is 3.58. The summed E-state index contributed by atoms with van der Waals surface area (Å²) in [5, 5.41) is 3.16. The number of rotatable bonds is 10. The Morgan fingerprint density at radius 1 is 0.971 bits per heavy atom. The molecule has 0 atom stereocenters. The lowest BCUT2D eigenvalue weighted by Crippen LogP contribution is -2.22. The molecule has 0 aliphatic heterocycles. The molecule has 1 aromatic heterocycles. The Morgan fingerprint density at radius 2 is 1.65 bits per heavy atom. The van der Waals surface area contributed by atoms with E-state index in [4.69, 9.17) is 23.7 Å². The van der Waals surface area contributed by atoms with E-state index in [1.165, 1.54) is 32.7 Å². The van der Waals surface area contributed by atoms with Crippen molar-refractivity contribution in [2.24, 2.45) is 0 Å². The molecule has 1 N–H and O–H groups in total. The molecule has 184 valence electrons. The maximum atomic E-state index is 12.5. The minimum atomic E-state index is -0.597. The van der Waals surface area contributed by atoms with Crippen LogP contribution in [0.15, 0.2) is 12.1 Å². The number of esters is 2. The van der Waals surface area contributed by atoms with Gasteiger partial charge in [0.2, 0.25) is 5.75 Å². The van der Waals surface area contributed by atoms with Crippen LogP contribution in [0.25, 0.3) is 0 Å². The topological polar surface area (TPSA) is 109 Å². The Kier molecular flexibility index (Phi) is 8.75. The number of benzene rings is 1. The first-order valence-electron chi connectivity index (χ1n) is 11.0. The van der Waals surface area contributed by atoms with Gasteiger partial charge in [-0.2, -0.15) is 0 Å². The van der Waals surface area contributed by atoms with E-state index in [1.54, 1.807) is 19.1 Å². The lowest BCUT2D eigenvalue weighted by atomic mass is 9.95. The van der Waals surface area contributed by atoms with Crippen molar-refractivity contribution in [3.63, 3.8) is 0 Å². The van der Waals surface area contributed by atoms with Gasteiger partial charge < -0.3 is 29.0 Å². The van der Waals surface area contributed by atoms with Crippen molar-refractivity contribution in [3.05, 3.63) is 33.7 Å². The summed E-state index contributed by atoms with van der Waals surface area (Å²) >= 11 is 1.38. The Hall–Kier alpha value is -3.27. The van der Waals surface area contributed by atoms with E-state index in [0.29, 0.717) is 33.4 Å². The third-order valence-electron chi connectivity index (χ3n) is 5.34. The molecular weight excluding hydrogens is 462 g/mol. The van der Waals surface area contributed by atoms with Crippen molar-refractivity contribution >= 4 is 34.2 Å². The second-order valence-electron chi connectivity index (χ2n) is 7.55. The van der Waals surface area contributed by atoms with Crippen LogP contribution in [0.2, 0.25) is 0 Å². The molecule has 1 amide bonds. The molecule has 0 unspecified atom stereocenters. The van der Waals surface area contributed by atoms with Crippen molar-refractivity contribution in [3.8, 4) is 17.2 Å². The maximum absolute atomic E-state index is 12.5. The molecule has 9 nitrogen and oxygen atoms in total. The highest BCUT2D eigenvalue weighted by Gasteiger charge is 2.27. The van der Waals surface area contributed by atoms with E-state index < -0.39 is 24.5 Å². The number of hydrogen-bond donors (Lipinski definition) is 1. The molecule has 3 rings (SSSR count). The van der Waals surface area contributed by atoms with Crippen LogP contribution >= 0.6 is 11.3 Å². The van der Waals surface area contributed by atoms with E-state index in [-0.39, 0.29) is 13.0 Å². The van der Waals surface area contributed by atoms with Crippen LogP contribution in [0.4, 0.5) is 5.00 Å². The molecule has 0 spiro atoms. The lowest BCUT2D eigenvalue weighted by Gasteiger charge is -2.14. The summed E-state index contributed by atoms with van der Waals surface area (Å²) in [6.45, 7) is 1.51. The number of anilines is 1. The average molecular weight is 492 g/mol. The van der Waals surface area contributed by atoms with Gasteiger partial charge in [0.1, 0.15) is 5.00 Å². The summed E-state index contributed by atoms with van der Waals surface area (Å²) in [7, 11) is 4.46. The summed E-state index contributed by atoms with van der Waals surface area (Å²) in [5.74, 6) is -0.330. The molecule has 0 bridgehead atoms. The van der Waals surface area contributed by atoms with E-state index in [1.807, 2.05) is 0 Å². The van der Waals surface area contributed by atoms with Crippen LogP contribution in [0, 0.1) is 0 Å². The van der Waals surface area contributed by atoms with Crippen LogP contribution < -0.4 is 19.5 Å². The van der Waals surface area contributed by atoms with E-state index in [9.17, 15) is 14.4 Å². The minimum absolute atomic E-state index is 0.0919. The summed E-state index contributed by atoms with van der Waals surface area (Å²) in [5.41, 5.74) is 1.94. The predicted molar refractivity (Wildman–Crippen MR) is 126 cm³/mol. The smallest absolute Gasteiger partial charge is 0.341 e. The number of carbonyl (C=O) groups is 3. The van der Waals surface area contributed by atoms with Crippen LogP contribution in [-0.4, -0.2) is 52.4 Å². The maximum Gasteiger partial charge on any atom is 0.341 e. The molecule has 10 heteroatoms.